The van der Waals surface area contributed by atoms with Crippen molar-refractivity contribution in [3.63, 3.8) is 0 Å². The predicted octanol–water partition coefficient (Wildman–Crippen LogP) is 2.62. The summed E-state index contributed by atoms with van der Waals surface area (Å²) in [6.07, 6.45) is 9.19. The van der Waals surface area contributed by atoms with Crippen LogP contribution in [-0.2, 0) is 4.79 Å². The van der Waals surface area contributed by atoms with Gasteiger partial charge in [-0.3, -0.25) is 9.69 Å². The summed E-state index contributed by atoms with van der Waals surface area (Å²) in [4.78, 5) is 15.0. The van der Waals surface area contributed by atoms with Gasteiger partial charge in [-0.2, -0.15) is 0 Å². The van der Waals surface area contributed by atoms with Crippen LogP contribution in [0, 0.1) is 17.8 Å². The molecule has 166 valence electrons. The number of methoxy groups -OCH3 is 1. The Morgan fingerprint density at radius 1 is 1.23 bits per heavy atom. The summed E-state index contributed by atoms with van der Waals surface area (Å²) in [7, 11) is 1.68. The maximum atomic E-state index is 12.5. The maximum Gasteiger partial charge on any atom is 0.224 e. The monoisotopic (exact) mass is 424 g/mol. The normalized spacial score (nSPS) is 30.3. The summed E-state index contributed by atoms with van der Waals surface area (Å²) in [5, 5.41) is 13.8. The Morgan fingerprint density at radius 2 is 2.00 bits per heavy atom. The molecule has 1 saturated heterocycles. The number of ether oxygens (including phenoxy) is 2. The van der Waals surface area contributed by atoms with Crippen LogP contribution in [0.4, 0.5) is 0 Å². The quantitative estimate of drug-likeness (QED) is 0.711. The number of nitrogens with one attached hydrogen (secondary N) is 1. The number of hydrogen-bond acceptors (Lipinski definition) is 5. The molecule has 2 aliphatic heterocycles. The van der Waals surface area contributed by atoms with Crippen LogP contribution >= 0.6 is 0 Å². The number of carbonyl (C=O) groups excluding carboxylic acids is 1. The van der Waals surface area contributed by atoms with E-state index < -0.39 is 6.10 Å². The number of rotatable bonds is 5. The van der Waals surface area contributed by atoms with E-state index in [2.05, 4.69) is 28.4 Å². The van der Waals surface area contributed by atoms with Crippen molar-refractivity contribution in [2.75, 3.05) is 33.4 Å². The Morgan fingerprint density at radius 3 is 2.77 bits per heavy atom. The van der Waals surface area contributed by atoms with Gasteiger partial charge in [0.05, 0.1) is 19.3 Å². The van der Waals surface area contributed by atoms with Crippen molar-refractivity contribution in [2.24, 2.45) is 17.8 Å². The number of allylic oxidation sites excluding steroid dienone is 2. The molecule has 2 fully saturated rings. The van der Waals surface area contributed by atoms with E-state index in [4.69, 9.17) is 9.47 Å². The minimum Gasteiger partial charge on any atom is -0.497 e. The van der Waals surface area contributed by atoms with E-state index in [1.54, 1.807) is 7.11 Å². The fraction of sp³-hybridized carbons (Fsp3) is 0.560. The molecular formula is C25H32N2O4. The van der Waals surface area contributed by atoms with Crippen molar-refractivity contribution >= 4 is 12.0 Å². The van der Waals surface area contributed by atoms with E-state index in [0.29, 0.717) is 18.4 Å². The number of amides is 1. The van der Waals surface area contributed by atoms with Gasteiger partial charge >= 0.3 is 0 Å². The largest absolute Gasteiger partial charge is 0.497 e. The molecule has 1 amide bonds. The zero-order valence-electron chi connectivity index (χ0n) is 18.1. The lowest BCUT2D eigenvalue weighted by Gasteiger charge is -2.36. The highest BCUT2D eigenvalue weighted by Crippen LogP contribution is 2.38. The molecule has 0 radical (unpaired) electrons. The van der Waals surface area contributed by atoms with Crippen LogP contribution in [0.25, 0.3) is 6.08 Å². The van der Waals surface area contributed by atoms with Crippen molar-refractivity contribution in [1.29, 1.82) is 0 Å². The molecule has 1 aromatic carbocycles. The molecule has 1 aromatic rings. The second-order valence-corrected chi connectivity index (χ2v) is 9.50. The van der Waals surface area contributed by atoms with E-state index in [1.807, 2.05) is 18.2 Å². The van der Waals surface area contributed by atoms with Gasteiger partial charge in [0.15, 0.2) is 0 Å². The number of nitrogens with zero attached hydrogens (tertiary/aromatic N) is 1. The van der Waals surface area contributed by atoms with Gasteiger partial charge in [-0.15, -0.1) is 0 Å². The second kappa shape index (κ2) is 8.67. The Balaban J connectivity index is 1.19. The number of aliphatic hydroxyl groups excluding tert-OH is 1. The summed E-state index contributed by atoms with van der Waals surface area (Å²) in [5.74, 6) is 2.90. The molecule has 6 heteroatoms. The topological polar surface area (TPSA) is 71.0 Å². The minimum absolute atomic E-state index is 0.0461. The van der Waals surface area contributed by atoms with Gasteiger partial charge in [0.25, 0.3) is 0 Å². The van der Waals surface area contributed by atoms with Crippen LogP contribution in [0.2, 0.25) is 0 Å². The fourth-order valence-corrected chi connectivity index (χ4v) is 5.65. The first-order chi connectivity index (χ1) is 15.1. The first kappa shape index (κ1) is 20.6. The van der Waals surface area contributed by atoms with E-state index in [9.17, 15) is 9.90 Å². The first-order valence-corrected chi connectivity index (χ1v) is 11.4. The SMILES string of the molecule is COc1ccc2c(c1)C=C(CN1C[C@H]3C[C@H](O)[C@@H](NC(=O)C4CC=CC4)C[C@H]3C1)CO2. The fourth-order valence-electron chi connectivity index (χ4n) is 5.65. The van der Waals surface area contributed by atoms with Gasteiger partial charge in [-0.1, -0.05) is 12.2 Å². The lowest BCUT2D eigenvalue weighted by Crippen LogP contribution is -2.50. The van der Waals surface area contributed by atoms with Gasteiger partial charge < -0.3 is 19.9 Å². The highest BCUT2D eigenvalue weighted by atomic mass is 16.5. The van der Waals surface area contributed by atoms with Gasteiger partial charge in [-0.25, -0.2) is 0 Å². The van der Waals surface area contributed by atoms with E-state index in [0.717, 1.165) is 62.4 Å². The predicted molar refractivity (Wildman–Crippen MR) is 119 cm³/mol. The zero-order chi connectivity index (χ0) is 21.4. The van der Waals surface area contributed by atoms with Crippen molar-refractivity contribution in [3.8, 4) is 11.5 Å². The van der Waals surface area contributed by atoms with E-state index in [-0.39, 0.29) is 17.9 Å². The summed E-state index contributed by atoms with van der Waals surface area (Å²) in [6, 6.07) is 5.78. The van der Waals surface area contributed by atoms with E-state index in [1.165, 1.54) is 5.57 Å². The number of carbonyl (C=O) groups is 1. The summed E-state index contributed by atoms with van der Waals surface area (Å²) >= 11 is 0. The molecule has 0 unspecified atom stereocenters. The number of aliphatic hydroxyl groups is 1. The average molecular weight is 425 g/mol. The number of likely N-dealkylation sites (tertiary alicyclic amines) is 1. The minimum atomic E-state index is -0.448. The number of hydrogen-bond donors (Lipinski definition) is 2. The third kappa shape index (κ3) is 4.37. The molecule has 2 aliphatic carbocycles. The lowest BCUT2D eigenvalue weighted by atomic mass is 9.77. The molecule has 2 N–H and O–H groups in total. The molecule has 6 nitrogen and oxygen atoms in total. The van der Waals surface area contributed by atoms with Crippen molar-refractivity contribution in [3.05, 3.63) is 41.5 Å². The third-order valence-corrected chi connectivity index (χ3v) is 7.34. The molecule has 0 bridgehead atoms. The molecule has 4 aliphatic rings. The third-order valence-electron chi connectivity index (χ3n) is 7.34. The average Bonchev–Trinajstić information content (AvgIpc) is 3.43. The van der Waals surface area contributed by atoms with Crippen LogP contribution in [0.5, 0.6) is 11.5 Å². The maximum absolute atomic E-state index is 12.5. The van der Waals surface area contributed by atoms with Crippen LogP contribution in [-0.4, -0.2) is 61.4 Å². The number of fused-ring (bicyclic) bond motifs is 2. The van der Waals surface area contributed by atoms with Crippen LogP contribution in [0.1, 0.15) is 31.2 Å². The lowest BCUT2D eigenvalue weighted by molar-refractivity contribution is -0.127. The van der Waals surface area contributed by atoms with Gasteiger partial charge in [0, 0.05) is 31.1 Å². The van der Waals surface area contributed by atoms with Crippen LogP contribution in [0.15, 0.2) is 35.9 Å². The molecule has 31 heavy (non-hydrogen) atoms. The molecule has 5 rings (SSSR count). The van der Waals surface area contributed by atoms with Crippen LogP contribution in [0.3, 0.4) is 0 Å². The van der Waals surface area contributed by atoms with Crippen molar-refractivity contribution in [2.45, 2.75) is 37.8 Å². The van der Waals surface area contributed by atoms with Gasteiger partial charge in [-0.05, 0) is 67.4 Å². The van der Waals surface area contributed by atoms with E-state index >= 15 is 0 Å². The van der Waals surface area contributed by atoms with Crippen molar-refractivity contribution < 1.29 is 19.4 Å². The van der Waals surface area contributed by atoms with Crippen LogP contribution < -0.4 is 14.8 Å². The molecule has 1 saturated carbocycles. The van der Waals surface area contributed by atoms with Crippen molar-refractivity contribution in [1.82, 2.24) is 10.2 Å². The number of benzene rings is 1. The molecule has 2 heterocycles. The molecule has 4 atom stereocenters. The standard InChI is InChI=1S/C25H32N2O4/c1-30-21-6-7-24-18(9-21)8-16(15-31-24)12-27-13-19-10-22(23(28)11-20(19)14-27)26-25(29)17-4-2-3-5-17/h2-3,6-9,17,19-20,22-23,28H,4-5,10-15H2,1H3,(H,26,29)/t19-,20+,22-,23-/m0/s1. The molecule has 0 spiro atoms. The van der Waals surface area contributed by atoms with Gasteiger partial charge in [0.2, 0.25) is 5.91 Å². The Labute approximate surface area is 183 Å². The Hall–Kier alpha value is -2.31. The zero-order valence-corrected chi connectivity index (χ0v) is 18.1. The highest BCUT2D eigenvalue weighted by Gasteiger charge is 2.42. The van der Waals surface area contributed by atoms with Gasteiger partial charge in [0.1, 0.15) is 18.1 Å². The second-order valence-electron chi connectivity index (χ2n) is 9.50. The Bertz CT molecular complexity index is 888. The smallest absolute Gasteiger partial charge is 0.224 e. The molecule has 0 aromatic heterocycles. The summed E-state index contributed by atoms with van der Waals surface area (Å²) < 4.78 is 11.3. The summed E-state index contributed by atoms with van der Waals surface area (Å²) in [5.41, 5.74) is 2.33. The highest BCUT2D eigenvalue weighted by molar-refractivity contribution is 5.79. The first-order valence-electron chi connectivity index (χ1n) is 11.4. The Kier molecular flexibility index (Phi) is 5.76. The summed E-state index contributed by atoms with van der Waals surface area (Å²) in [6.45, 7) is 3.50. The molecular weight excluding hydrogens is 392 g/mol.